The molecule has 0 bridgehead atoms. The Kier molecular flexibility index (Phi) is 6.55. The van der Waals surface area contributed by atoms with E-state index in [1.807, 2.05) is 12.1 Å². The van der Waals surface area contributed by atoms with Crippen molar-refractivity contribution >= 4 is 23.4 Å². The summed E-state index contributed by atoms with van der Waals surface area (Å²) in [5.41, 5.74) is 8.30. The average molecular weight is 475 g/mol. The average Bonchev–Trinajstić information content (AvgIpc) is 3.62. The molecule has 0 saturated carbocycles. The molecule has 3 amide bonds. The van der Waals surface area contributed by atoms with Crippen LogP contribution < -0.4 is 16.2 Å². The Balaban J connectivity index is 1.14. The summed E-state index contributed by atoms with van der Waals surface area (Å²) in [5, 5.41) is 2.74. The molecule has 10 heteroatoms. The van der Waals surface area contributed by atoms with Gasteiger partial charge in [0.15, 0.2) is 5.76 Å². The molecule has 2 aliphatic rings. The number of carbonyl (C=O) groups excluding carboxylic acids is 3. The number of hydrogen-bond acceptors (Lipinski definition) is 7. The van der Waals surface area contributed by atoms with Crippen molar-refractivity contribution in [1.29, 1.82) is 0 Å². The lowest BCUT2D eigenvalue weighted by atomic mass is 10.0. The van der Waals surface area contributed by atoms with Gasteiger partial charge in [0.2, 0.25) is 5.91 Å². The molecule has 180 valence electrons. The molecule has 10 nitrogen and oxygen atoms in total. The second-order valence-corrected chi connectivity index (χ2v) is 8.55. The topological polar surface area (TPSA) is 120 Å². The molecule has 2 saturated heterocycles. The van der Waals surface area contributed by atoms with E-state index in [0.717, 1.165) is 5.56 Å². The number of hydrogen-bond donors (Lipinski definition) is 3. The lowest BCUT2D eigenvalue weighted by Crippen LogP contribution is -2.54. The molecule has 2 unspecified atom stereocenters. The zero-order valence-corrected chi connectivity index (χ0v) is 19.0. The minimum absolute atomic E-state index is 0.0265. The molecule has 2 aromatic heterocycles. The van der Waals surface area contributed by atoms with Crippen LogP contribution in [0.15, 0.2) is 71.6 Å². The predicted octanol–water partition coefficient (Wildman–Crippen LogP) is 1.82. The van der Waals surface area contributed by atoms with Gasteiger partial charge in [-0.3, -0.25) is 19.4 Å². The van der Waals surface area contributed by atoms with Gasteiger partial charge in [0.1, 0.15) is 6.04 Å². The van der Waals surface area contributed by atoms with E-state index in [-0.39, 0.29) is 35.6 Å². The summed E-state index contributed by atoms with van der Waals surface area (Å²) in [6.07, 6.45) is 5.59. The molecule has 2 atom stereocenters. The summed E-state index contributed by atoms with van der Waals surface area (Å²) in [4.78, 5) is 46.0. The maximum Gasteiger partial charge on any atom is 0.291 e. The Bertz CT molecular complexity index is 1190. The molecule has 4 heterocycles. The number of rotatable bonds is 5. The summed E-state index contributed by atoms with van der Waals surface area (Å²) < 4.78 is 5.10. The zero-order valence-electron chi connectivity index (χ0n) is 19.0. The molecule has 2 fully saturated rings. The van der Waals surface area contributed by atoms with Gasteiger partial charge in [-0.05, 0) is 48.4 Å². The number of nitrogens with zero attached hydrogens (tertiary/aromatic N) is 3. The lowest BCUT2D eigenvalue weighted by Gasteiger charge is -2.36. The van der Waals surface area contributed by atoms with E-state index in [9.17, 15) is 14.4 Å². The number of nitrogens with one attached hydrogen (secondary N) is 3. The van der Waals surface area contributed by atoms with Crippen LogP contribution in [0.4, 0.5) is 5.69 Å². The third kappa shape index (κ3) is 5.08. The van der Waals surface area contributed by atoms with Gasteiger partial charge < -0.3 is 19.5 Å². The molecular weight excluding hydrogens is 448 g/mol. The van der Waals surface area contributed by atoms with Crippen LogP contribution in [-0.2, 0) is 4.79 Å². The van der Waals surface area contributed by atoms with Gasteiger partial charge in [-0.15, -0.1) is 0 Å². The zero-order chi connectivity index (χ0) is 24.2. The van der Waals surface area contributed by atoms with E-state index in [4.69, 9.17) is 4.42 Å². The van der Waals surface area contributed by atoms with Crippen LogP contribution in [-0.4, -0.2) is 64.7 Å². The number of hydrazine groups is 1. The van der Waals surface area contributed by atoms with E-state index < -0.39 is 0 Å². The first-order valence-electron chi connectivity index (χ1n) is 11.5. The first-order valence-corrected chi connectivity index (χ1v) is 11.5. The summed E-state index contributed by atoms with van der Waals surface area (Å²) >= 11 is 0. The first-order chi connectivity index (χ1) is 17.1. The molecular formula is C25H26N6O4. The van der Waals surface area contributed by atoms with Gasteiger partial charge in [-0.25, -0.2) is 10.9 Å². The number of furan rings is 1. The molecule has 3 N–H and O–H groups in total. The van der Waals surface area contributed by atoms with Crippen molar-refractivity contribution < 1.29 is 18.8 Å². The largest absolute Gasteiger partial charge is 0.459 e. The summed E-state index contributed by atoms with van der Waals surface area (Å²) in [5.74, 6) is -0.296. The fourth-order valence-corrected chi connectivity index (χ4v) is 4.38. The summed E-state index contributed by atoms with van der Waals surface area (Å²) in [6.45, 7) is 1.82. The Labute approximate surface area is 202 Å². The molecule has 3 aromatic rings. The van der Waals surface area contributed by atoms with Crippen LogP contribution in [0.25, 0.3) is 0 Å². The highest BCUT2D eigenvalue weighted by atomic mass is 16.3. The molecule has 2 aliphatic heterocycles. The maximum atomic E-state index is 13.1. The van der Waals surface area contributed by atoms with Crippen LogP contribution in [0, 0.1) is 0 Å². The second-order valence-electron chi connectivity index (χ2n) is 8.55. The number of benzene rings is 1. The number of amides is 3. The second kappa shape index (κ2) is 10.1. The van der Waals surface area contributed by atoms with Crippen molar-refractivity contribution in [2.75, 3.05) is 31.5 Å². The molecule has 1 aromatic carbocycles. The van der Waals surface area contributed by atoms with Crippen molar-refractivity contribution in [3.05, 3.63) is 84.1 Å². The van der Waals surface area contributed by atoms with E-state index in [2.05, 4.69) is 21.2 Å². The smallest absolute Gasteiger partial charge is 0.291 e. The molecule has 0 radical (unpaired) electrons. The number of aromatic nitrogens is 1. The Morgan fingerprint density at radius 1 is 0.971 bits per heavy atom. The third-order valence-corrected chi connectivity index (χ3v) is 6.28. The monoisotopic (exact) mass is 474 g/mol. The number of carbonyl (C=O) groups is 3. The van der Waals surface area contributed by atoms with E-state index in [1.54, 1.807) is 58.6 Å². The summed E-state index contributed by atoms with van der Waals surface area (Å²) in [6, 6.07) is 13.6. The van der Waals surface area contributed by atoms with Gasteiger partial charge in [0.05, 0.1) is 6.26 Å². The maximum absolute atomic E-state index is 13.1. The van der Waals surface area contributed by atoms with E-state index in [1.165, 1.54) is 6.26 Å². The molecule has 5 rings (SSSR count). The Morgan fingerprint density at radius 3 is 2.54 bits per heavy atom. The minimum Gasteiger partial charge on any atom is -0.459 e. The van der Waals surface area contributed by atoms with Crippen LogP contribution in [0.2, 0.25) is 0 Å². The van der Waals surface area contributed by atoms with Crippen molar-refractivity contribution in [2.24, 2.45) is 0 Å². The van der Waals surface area contributed by atoms with Crippen molar-refractivity contribution in [1.82, 2.24) is 25.6 Å². The first kappa shape index (κ1) is 22.8. The van der Waals surface area contributed by atoms with Crippen molar-refractivity contribution in [2.45, 2.75) is 18.5 Å². The fourth-order valence-electron chi connectivity index (χ4n) is 4.38. The number of pyridine rings is 1. The van der Waals surface area contributed by atoms with Crippen molar-refractivity contribution in [3.8, 4) is 0 Å². The van der Waals surface area contributed by atoms with Crippen LogP contribution in [0.1, 0.15) is 38.9 Å². The standard InChI is InChI=1S/C25H26N6O4/c32-23(22-7-3-13-35-22)27-19-6-1-4-17(14-19)24(33)30-9-11-31(12-10-30)25(34)21-15-20(28-29-21)18-5-2-8-26-16-18/h1-8,13-14,16,20-21,28-29H,9-12,15H2,(H,27,32). The SMILES string of the molecule is O=C(Nc1cccc(C(=O)N2CCN(C(=O)C3CC(c4cccnc4)NN3)CC2)c1)c1ccco1. The van der Waals surface area contributed by atoms with Gasteiger partial charge >= 0.3 is 0 Å². The number of piperazine rings is 1. The Hall–Kier alpha value is -4.02. The van der Waals surface area contributed by atoms with Gasteiger partial charge in [0.25, 0.3) is 11.8 Å². The van der Waals surface area contributed by atoms with E-state index >= 15 is 0 Å². The van der Waals surface area contributed by atoms with Crippen LogP contribution in [0.5, 0.6) is 0 Å². The van der Waals surface area contributed by atoms with Gasteiger partial charge in [0, 0.05) is 55.9 Å². The van der Waals surface area contributed by atoms with Crippen LogP contribution >= 0.6 is 0 Å². The molecule has 0 aliphatic carbocycles. The van der Waals surface area contributed by atoms with Crippen molar-refractivity contribution in [3.63, 3.8) is 0 Å². The highest BCUT2D eigenvalue weighted by Gasteiger charge is 2.34. The van der Waals surface area contributed by atoms with Gasteiger partial charge in [-0.2, -0.15) is 0 Å². The lowest BCUT2D eigenvalue weighted by molar-refractivity contribution is -0.134. The third-order valence-electron chi connectivity index (χ3n) is 6.28. The molecule has 35 heavy (non-hydrogen) atoms. The highest BCUT2D eigenvalue weighted by Crippen LogP contribution is 2.23. The molecule has 0 spiro atoms. The quantitative estimate of drug-likeness (QED) is 0.516. The predicted molar refractivity (Wildman–Crippen MR) is 127 cm³/mol. The number of anilines is 1. The normalized spacial score (nSPS) is 20.0. The Morgan fingerprint density at radius 2 is 1.80 bits per heavy atom. The highest BCUT2D eigenvalue weighted by molar-refractivity contribution is 6.03. The fraction of sp³-hybridized carbons (Fsp3) is 0.280. The minimum atomic E-state index is -0.382. The van der Waals surface area contributed by atoms with Gasteiger partial charge in [-0.1, -0.05) is 12.1 Å². The van der Waals surface area contributed by atoms with E-state index in [0.29, 0.717) is 43.9 Å². The van der Waals surface area contributed by atoms with Crippen LogP contribution in [0.3, 0.4) is 0 Å². The summed E-state index contributed by atoms with van der Waals surface area (Å²) in [7, 11) is 0.